The molecule has 4 heteroatoms. The summed E-state index contributed by atoms with van der Waals surface area (Å²) in [6.45, 7) is 7.63. The van der Waals surface area contributed by atoms with E-state index in [9.17, 15) is 17.6 Å². The first-order valence-electron chi connectivity index (χ1n) is 8.41. The maximum atomic E-state index is 13.6. The molecule has 0 saturated carbocycles. The molecule has 0 unspecified atom stereocenters. The van der Waals surface area contributed by atoms with Crippen molar-refractivity contribution in [3.05, 3.63) is 83.4 Å². The zero-order valence-electron chi connectivity index (χ0n) is 14.9. The molecule has 2 aromatic carbocycles. The smallest absolute Gasteiger partial charge is 0.204 e. The maximum Gasteiger partial charge on any atom is 0.307 e. The first-order valence-corrected chi connectivity index (χ1v) is 8.41. The second-order valence-corrected chi connectivity index (χ2v) is 6.29. The predicted molar refractivity (Wildman–Crippen MR) is 99.6 cm³/mol. The maximum absolute atomic E-state index is 13.6. The van der Waals surface area contributed by atoms with Gasteiger partial charge in [0.15, 0.2) is 0 Å². The van der Waals surface area contributed by atoms with Crippen LogP contribution in [0.5, 0.6) is 0 Å². The fourth-order valence-corrected chi connectivity index (χ4v) is 3.00. The highest BCUT2D eigenvalue weighted by Crippen LogP contribution is 2.37. The van der Waals surface area contributed by atoms with Crippen molar-refractivity contribution < 1.29 is 17.6 Å². The van der Waals surface area contributed by atoms with Gasteiger partial charge in [0.05, 0.1) is 0 Å². The monoisotopic (exact) mass is 362 g/mol. The standard InChI is InChI=1S/C22H22F4/c1-4-17(18-11-7-5-9-15(18)2)20(13-14-22(25,26)21(23)24)19-12-8-6-10-16(19)3/h4-12,21H,1,13-14H2,2-3H3/b20-17-. The van der Waals surface area contributed by atoms with Crippen LogP contribution >= 0.6 is 0 Å². The summed E-state index contributed by atoms with van der Waals surface area (Å²) in [5, 5.41) is 0. The van der Waals surface area contributed by atoms with Crippen LogP contribution in [0.25, 0.3) is 11.1 Å². The van der Waals surface area contributed by atoms with Gasteiger partial charge in [-0.1, -0.05) is 61.2 Å². The van der Waals surface area contributed by atoms with Crippen molar-refractivity contribution in [1.82, 2.24) is 0 Å². The third-order valence-electron chi connectivity index (χ3n) is 4.46. The van der Waals surface area contributed by atoms with E-state index in [1.165, 1.54) is 0 Å². The number of benzene rings is 2. The SMILES string of the molecule is C=C/C(=C(\CCC(F)(F)C(F)F)c1ccccc1C)c1ccccc1C. The molecule has 0 nitrogen and oxygen atoms in total. The van der Waals surface area contributed by atoms with E-state index in [1.54, 1.807) is 6.08 Å². The van der Waals surface area contributed by atoms with Crippen molar-refractivity contribution >= 4 is 11.1 Å². The van der Waals surface area contributed by atoms with Crippen molar-refractivity contribution in [2.75, 3.05) is 0 Å². The van der Waals surface area contributed by atoms with E-state index in [2.05, 4.69) is 6.58 Å². The Morgan fingerprint density at radius 1 is 0.962 bits per heavy atom. The highest BCUT2D eigenvalue weighted by molar-refractivity contribution is 5.96. The molecule has 0 spiro atoms. The first kappa shape index (κ1) is 20.0. The van der Waals surface area contributed by atoms with Crippen molar-refractivity contribution in [2.45, 2.75) is 39.0 Å². The predicted octanol–water partition coefficient (Wildman–Crippen LogP) is 7.08. The van der Waals surface area contributed by atoms with E-state index in [-0.39, 0.29) is 6.42 Å². The third kappa shape index (κ3) is 4.43. The Balaban J connectivity index is 2.61. The van der Waals surface area contributed by atoms with Crippen LogP contribution in [0.3, 0.4) is 0 Å². The molecule has 0 fully saturated rings. The molecule has 0 aliphatic rings. The molecule has 0 aliphatic heterocycles. The van der Waals surface area contributed by atoms with Crippen LogP contribution in [0.15, 0.2) is 61.2 Å². The summed E-state index contributed by atoms with van der Waals surface area (Å²) in [5.41, 5.74) is 4.80. The van der Waals surface area contributed by atoms with E-state index in [4.69, 9.17) is 0 Å². The van der Waals surface area contributed by atoms with Crippen LogP contribution in [0, 0.1) is 13.8 Å². The van der Waals surface area contributed by atoms with Crippen LogP contribution in [-0.2, 0) is 0 Å². The van der Waals surface area contributed by atoms with Gasteiger partial charge in [-0.25, -0.2) is 17.6 Å². The number of allylic oxidation sites excluding steroid dienone is 3. The van der Waals surface area contributed by atoms with Gasteiger partial charge in [-0.2, -0.15) is 0 Å². The third-order valence-corrected chi connectivity index (χ3v) is 4.46. The Bertz CT molecular complexity index is 803. The summed E-state index contributed by atoms with van der Waals surface area (Å²) < 4.78 is 52.4. The fourth-order valence-electron chi connectivity index (χ4n) is 3.00. The van der Waals surface area contributed by atoms with Gasteiger partial charge >= 0.3 is 12.3 Å². The van der Waals surface area contributed by atoms with Crippen molar-refractivity contribution in [3.63, 3.8) is 0 Å². The van der Waals surface area contributed by atoms with Gasteiger partial charge in [-0.3, -0.25) is 0 Å². The van der Waals surface area contributed by atoms with Gasteiger partial charge in [-0.05, 0) is 53.7 Å². The van der Waals surface area contributed by atoms with Gasteiger partial charge in [0.2, 0.25) is 0 Å². The zero-order chi connectivity index (χ0) is 19.3. The van der Waals surface area contributed by atoms with Gasteiger partial charge in [0.1, 0.15) is 0 Å². The minimum Gasteiger partial charge on any atom is -0.204 e. The normalized spacial score (nSPS) is 12.9. The Morgan fingerprint density at radius 3 is 1.92 bits per heavy atom. The Morgan fingerprint density at radius 2 is 1.46 bits per heavy atom. The van der Waals surface area contributed by atoms with Gasteiger partial charge in [0, 0.05) is 6.42 Å². The van der Waals surface area contributed by atoms with Crippen LogP contribution < -0.4 is 0 Å². The van der Waals surface area contributed by atoms with Crippen molar-refractivity contribution in [2.24, 2.45) is 0 Å². The average Bonchev–Trinajstić information content (AvgIpc) is 2.60. The van der Waals surface area contributed by atoms with Crippen molar-refractivity contribution in [3.8, 4) is 0 Å². The molecular weight excluding hydrogens is 340 g/mol. The second kappa shape index (κ2) is 8.35. The molecule has 138 valence electrons. The quantitative estimate of drug-likeness (QED) is 0.280. The number of rotatable bonds is 7. The number of hydrogen-bond acceptors (Lipinski definition) is 0. The lowest BCUT2D eigenvalue weighted by Crippen LogP contribution is -2.26. The highest BCUT2D eigenvalue weighted by Gasteiger charge is 2.40. The van der Waals surface area contributed by atoms with E-state index in [0.29, 0.717) is 11.1 Å². The van der Waals surface area contributed by atoms with Crippen LogP contribution in [0.1, 0.15) is 35.1 Å². The zero-order valence-corrected chi connectivity index (χ0v) is 14.9. The Kier molecular flexibility index (Phi) is 6.41. The lowest BCUT2D eigenvalue weighted by molar-refractivity contribution is -0.131. The first-order chi connectivity index (χ1) is 12.3. The topological polar surface area (TPSA) is 0 Å². The van der Waals surface area contributed by atoms with Crippen LogP contribution in [0.2, 0.25) is 0 Å². The molecule has 0 N–H and O–H groups in total. The summed E-state index contributed by atoms with van der Waals surface area (Å²) >= 11 is 0. The molecule has 0 aromatic heterocycles. The van der Waals surface area contributed by atoms with E-state index >= 15 is 0 Å². The summed E-state index contributed by atoms with van der Waals surface area (Å²) in [6.07, 6.45) is -3.15. The van der Waals surface area contributed by atoms with Gasteiger partial charge < -0.3 is 0 Å². The second-order valence-electron chi connectivity index (χ2n) is 6.29. The molecule has 0 amide bonds. The number of aryl methyl sites for hydroxylation is 2. The number of alkyl halides is 4. The summed E-state index contributed by atoms with van der Waals surface area (Å²) in [7, 11) is 0. The molecule has 0 atom stereocenters. The minimum absolute atomic E-state index is 0.169. The molecule has 2 rings (SSSR count). The number of halogens is 4. The van der Waals surface area contributed by atoms with Crippen LogP contribution in [-0.4, -0.2) is 12.3 Å². The molecule has 2 aromatic rings. The van der Waals surface area contributed by atoms with E-state index in [0.717, 1.165) is 22.3 Å². The molecule has 0 radical (unpaired) electrons. The van der Waals surface area contributed by atoms with Gasteiger partial charge in [0.25, 0.3) is 0 Å². The number of hydrogen-bond donors (Lipinski definition) is 0. The largest absolute Gasteiger partial charge is 0.307 e. The van der Waals surface area contributed by atoms with E-state index < -0.39 is 18.8 Å². The minimum atomic E-state index is -4.02. The Hall–Kier alpha value is -2.36. The summed E-state index contributed by atoms with van der Waals surface area (Å²) in [5.74, 6) is -4.02. The molecule has 0 saturated heterocycles. The fraction of sp³-hybridized carbons (Fsp3) is 0.273. The van der Waals surface area contributed by atoms with Crippen molar-refractivity contribution in [1.29, 1.82) is 0 Å². The molecule has 0 bridgehead atoms. The average molecular weight is 362 g/mol. The highest BCUT2D eigenvalue weighted by atomic mass is 19.3. The Labute approximate surface area is 151 Å². The van der Waals surface area contributed by atoms with Gasteiger partial charge in [-0.15, -0.1) is 0 Å². The molecule has 0 heterocycles. The molecule has 0 aliphatic carbocycles. The van der Waals surface area contributed by atoms with Crippen LogP contribution in [0.4, 0.5) is 17.6 Å². The molecular formula is C22H22F4. The molecule has 26 heavy (non-hydrogen) atoms. The summed E-state index contributed by atoms with van der Waals surface area (Å²) in [6, 6.07) is 14.9. The van der Waals surface area contributed by atoms with E-state index in [1.807, 2.05) is 62.4 Å². The lowest BCUT2D eigenvalue weighted by Gasteiger charge is -2.20. The summed E-state index contributed by atoms with van der Waals surface area (Å²) in [4.78, 5) is 0. The lowest BCUT2D eigenvalue weighted by atomic mass is 9.87.